The summed E-state index contributed by atoms with van der Waals surface area (Å²) in [6.07, 6.45) is 5.91. The lowest BCUT2D eigenvalue weighted by Gasteiger charge is -2.37. The van der Waals surface area contributed by atoms with E-state index < -0.39 is 5.97 Å². The van der Waals surface area contributed by atoms with E-state index in [1.807, 2.05) is 21.7 Å². The number of rotatable bonds is 5. The second-order valence-electron chi connectivity index (χ2n) is 9.16. The van der Waals surface area contributed by atoms with E-state index in [0.717, 1.165) is 70.4 Å². The molecule has 0 bridgehead atoms. The van der Waals surface area contributed by atoms with E-state index in [1.165, 1.54) is 11.1 Å². The molecule has 2 fully saturated rings. The van der Waals surface area contributed by atoms with Gasteiger partial charge < -0.3 is 14.9 Å². The molecule has 7 heteroatoms. The lowest BCUT2D eigenvalue weighted by Crippen LogP contribution is -2.45. The molecule has 1 saturated carbocycles. The van der Waals surface area contributed by atoms with Gasteiger partial charge in [-0.05, 0) is 75.9 Å². The van der Waals surface area contributed by atoms with E-state index in [4.69, 9.17) is 5.11 Å². The van der Waals surface area contributed by atoms with Crippen molar-refractivity contribution in [3.63, 3.8) is 0 Å². The molecule has 0 aromatic heterocycles. The largest absolute Gasteiger partial charge is 0.480 e. The Hall–Kier alpha value is -2.12. The third-order valence-corrected chi connectivity index (χ3v) is 7.18. The zero-order valence-corrected chi connectivity index (χ0v) is 18.2. The average molecular weight is 415 g/mol. The van der Waals surface area contributed by atoms with Gasteiger partial charge in [-0.25, -0.2) is 4.79 Å². The van der Waals surface area contributed by atoms with Gasteiger partial charge in [0, 0.05) is 44.0 Å². The number of amides is 2. The molecule has 1 saturated heterocycles. The Balaban J connectivity index is 1.37. The standard InChI is InChI=1S/C23H34N4O3/c1-24-11-9-17-3-4-21(15-18(17)10-12-24)27-14-13-26(23(27)30)20-7-5-19(6-8-20)25(2)16-22(28)29/h3-4,15,19-20H,5-14,16H2,1-2H3,(H,28,29). The fraction of sp³-hybridized carbons (Fsp3) is 0.652. The van der Waals surface area contributed by atoms with Gasteiger partial charge in [-0.2, -0.15) is 0 Å². The number of benzene rings is 1. The number of anilines is 1. The van der Waals surface area contributed by atoms with Crippen LogP contribution in [0.5, 0.6) is 0 Å². The van der Waals surface area contributed by atoms with Crippen LogP contribution in [0.1, 0.15) is 36.8 Å². The lowest BCUT2D eigenvalue weighted by atomic mass is 9.89. The second-order valence-corrected chi connectivity index (χ2v) is 9.16. The van der Waals surface area contributed by atoms with Crippen LogP contribution >= 0.6 is 0 Å². The lowest BCUT2D eigenvalue weighted by molar-refractivity contribution is -0.138. The minimum absolute atomic E-state index is 0.0832. The number of aliphatic carboxylic acids is 1. The highest BCUT2D eigenvalue weighted by molar-refractivity contribution is 5.94. The summed E-state index contributed by atoms with van der Waals surface area (Å²) in [5.41, 5.74) is 3.82. The summed E-state index contributed by atoms with van der Waals surface area (Å²) in [5, 5.41) is 9.01. The maximum absolute atomic E-state index is 13.2. The SMILES string of the molecule is CN1CCc2ccc(N3CCN(C4CCC(N(C)CC(=O)O)CC4)C3=O)cc2CC1. The molecule has 0 radical (unpaired) electrons. The van der Waals surface area contributed by atoms with Crippen molar-refractivity contribution in [3.8, 4) is 0 Å². The molecule has 2 heterocycles. The summed E-state index contributed by atoms with van der Waals surface area (Å²) in [4.78, 5) is 32.5. The summed E-state index contributed by atoms with van der Waals surface area (Å²) in [6, 6.07) is 7.25. The number of carbonyl (C=O) groups is 2. The number of nitrogens with zero attached hydrogens (tertiary/aromatic N) is 4. The highest BCUT2D eigenvalue weighted by atomic mass is 16.4. The number of likely N-dealkylation sites (N-methyl/N-ethyl adjacent to an activating group) is 2. The molecular weight excluding hydrogens is 380 g/mol. The van der Waals surface area contributed by atoms with Crippen LogP contribution in [-0.4, -0.2) is 90.7 Å². The number of fused-ring (bicyclic) bond motifs is 1. The highest BCUT2D eigenvalue weighted by Crippen LogP contribution is 2.31. The summed E-state index contributed by atoms with van der Waals surface area (Å²) >= 11 is 0. The van der Waals surface area contributed by atoms with Crippen LogP contribution in [0.2, 0.25) is 0 Å². The Morgan fingerprint density at radius 2 is 1.77 bits per heavy atom. The van der Waals surface area contributed by atoms with E-state index in [0.29, 0.717) is 6.04 Å². The normalized spacial score (nSPS) is 25.5. The molecule has 1 aromatic carbocycles. The fourth-order valence-corrected chi connectivity index (χ4v) is 5.28. The molecule has 0 atom stereocenters. The Kier molecular flexibility index (Phi) is 6.29. The number of hydrogen-bond donors (Lipinski definition) is 1. The number of carboxylic acids is 1. The first kappa shape index (κ1) is 21.1. The summed E-state index contributed by atoms with van der Waals surface area (Å²) in [6.45, 7) is 3.76. The smallest absolute Gasteiger partial charge is 0.324 e. The molecule has 2 aliphatic heterocycles. The van der Waals surface area contributed by atoms with Crippen LogP contribution in [0.4, 0.5) is 10.5 Å². The number of hydrogen-bond acceptors (Lipinski definition) is 4. The molecule has 3 aliphatic rings. The molecule has 0 unspecified atom stereocenters. The van der Waals surface area contributed by atoms with Crippen molar-refractivity contribution >= 4 is 17.7 Å². The summed E-state index contributed by atoms with van der Waals surface area (Å²) < 4.78 is 0. The first-order chi connectivity index (χ1) is 14.4. The van der Waals surface area contributed by atoms with E-state index in [2.05, 4.69) is 30.1 Å². The van der Waals surface area contributed by atoms with Crippen molar-refractivity contribution in [1.29, 1.82) is 0 Å². The van der Waals surface area contributed by atoms with Crippen molar-refractivity contribution in [3.05, 3.63) is 29.3 Å². The van der Waals surface area contributed by atoms with Gasteiger partial charge in [-0.15, -0.1) is 0 Å². The van der Waals surface area contributed by atoms with Gasteiger partial charge in [0.15, 0.2) is 0 Å². The number of urea groups is 1. The zero-order chi connectivity index (χ0) is 21.3. The minimum atomic E-state index is -0.780. The van der Waals surface area contributed by atoms with Gasteiger partial charge in [-0.1, -0.05) is 6.07 Å². The van der Waals surface area contributed by atoms with E-state index in [1.54, 1.807) is 0 Å². The highest BCUT2D eigenvalue weighted by Gasteiger charge is 2.37. The van der Waals surface area contributed by atoms with Gasteiger partial charge in [-0.3, -0.25) is 14.6 Å². The van der Waals surface area contributed by atoms with Crippen LogP contribution in [0.25, 0.3) is 0 Å². The Morgan fingerprint density at radius 3 is 2.47 bits per heavy atom. The minimum Gasteiger partial charge on any atom is -0.480 e. The monoisotopic (exact) mass is 414 g/mol. The number of carbonyl (C=O) groups excluding carboxylic acids is 1. The molecule has 164 valence electrons. The van der Waals surface area contributed by atoms with Crippen LogP contribution < -0.4 is 4.90 Å². The Labute approximate surface area is 179 Å². The predicted molar refractivity (Wildman–Crippen MR) is 117 cm³/mol. The molecule has 4 rings (SSSR count). The first-order valence-electron chi connectivity index (χ1n) is 11.2. The average Bonchev–Trinajstić information content (AvgIpc) is 3.01. The third-order valence-electron chi connectivity index (χ3n) is 7.18. The fourth-order valence-electron chi connectivity index (χ4n) is 5.28. The van der Waals surface area contributed by atoms with Crippen LogP contribution in [0.15, 0.2) is 18.2 Å². The van der Waals surface area contributed by atoms with E-state index >= 15 is 0 Å². The van der Waals surface area contributed by atoms with Crippen LogP contribution in [0.3, 0.4) is 0 Å². The molecule has 1 N–H and O–H groups in total. The molecule has 1 aromatic rings. The van der Waals surface area contributed by atoms with E-state index in [-0.39, 0.29) is 18.6 Å². The maximum Gasteiger partial charge on any atom is 0.324 e. The zero-order valence-electron chi connectivity index (χ0n) is 18.2. The second kappa shape index (κ2) is 8.94. The third kappa shape index (κ3) is 4.47. The van der Waals surface area contributed by atoms with Gasteiger partial charge in [0.1, 0.15) is 0 Å². The Bertz CT molecular complexity index is 791. The molecule has 30 heavy (non-hydrogen) atoms. The van der Waals surface area contributed by atoms with Crippen molar-refractivity contribution in [2.75, 3.05) is 51.7 Å². The first-order valence-corrected chi connectivity index (χ1v) is 11.2. The molecular formula is C23H34N4O3. The van der Waals surface area contributed by atoms with Gasteiger partial charge in [0.2, 0.25) is 0 Å². The Morgan fingerprint density at radius 1 is 1.07 bits per heavy atom. The van der Waals surface area contributed by atoms with Crippen LogP contribution in [-0.2, 0) is 17.6 Å². The van der Waals surface area contributed by atoms with Crippen LogP contribution in [0, 0.1) is 0 Å². The van der Waals surface area contributed by atoms with E-state index in [9.17, 15) is 9.59 Å². The summed E-state index contributed by atoms with van der Waals surface area (Å²) in [5.74, 6) is -0.780. The predicted octanol–water partition coefficient (Wildman–Crippen LogP) is 2.29. The topological polar surface area (TPSA) is 67.3 Å². The molecule has 7 nitrogen and oxygen atoms in total. The van der Waals surface area contributed by atoms with Crippen molar-refractivity contribution in [2.24, 2.45) is 0 Å². The number of carboxylic acid groups (broad SMARTS) is 1. The quantitative estimate of drug-likeness (QED) is 0.801. The molecule has 2 amide bonds. The molecule has 0 spiro atoms. The van der Waals surface area contributed by atoms with Gasteiger partial charge in [0.25, 0.3) is 0 Å². The van der Waals surface area contributed by atoms with Crippen molar-refractivity contribution in [1.82, 2.24) is 14.7 Å². The van der Waals surface area contributed by atoms with Crippen molar-refractivity contribution in [2.45, 2.75) is 50.6 Å². The van der Waals surface area contributed by atoms with Gasteiger partial charge >= 0.3 is 12.0 Å². The summed E-state index contributed by atoms with van der Waals surface area (Å²) in [7, 11) is 4.06. The molecule has 1 aliphatic carbocycles. The van der Waals surface area contributed by atoms with Crippen molar-refractivity contribution < 1.29 is 14.7 Å². The van der Waals surface area contributed by atoms with Gasteiger partial charge in [0.05, 0.1) is 6.54 Å². The maximum atomic E-state index is 13.2.